The molecule has 0 bridgehead atoms. The van der Waals surface area contributed by atoms with Crippen molar-refractivity contribution in [3.05, 3.63) is 98.5 Å². The fraction of sp³-hybridized carbons (Fsp3) is 0.240. The van der Waals surface area contributed by atoms with E-state index in [1.54, 1.807) is 22.8 Å². The number of aromatic nitrogens is 4. The third-order valence-electron chi connectivity index (χ3n) is 5.60. The van der Waals surface area contributed by atoms with Gasteiger partial charge < -0.3 is 19.8 Å². The molecule has 4 aromatic rings. The Kier molecular flexibility index (Phi) is 7.40. The largest absolute Gasteiger partial charge is 0.459 e. The van der Waals surface area contributed by atoms with E-state index in [1.807, 2.05) is 30.3 Å². The summed E-state index contributed by atoms with van der Waals surface area (Å²) in [5, 5.41) is 0. The molecule has 0 fully saturated rings. The van der Waals surface area contributed by atoms with Crippen molar-refractivity contribution >= 4 is 23.0 Å². The van der Waals surface area contributed by atoms with Crippen LogP contribution in [-0.4, -0.2) is 44.3 Å². The van der Waals surface area contributed by atoms with Gasteiger partial charge in [0.1, 0.15) is 13.2 Å². The molecule has 36 heavy (non-hydrogen) atoms. The summed E-state index contributed by atoms with van der Waals surface area (Å²) >= 11 is 0. The molecule has 0 aliphatic carbocycles. The van der Waals surface area contributed by atoms with Gasteiger partial charge in [-0.1, -0.05) is 42.5 Å². The van der Waals surface area contributed by atoms with Gasteiger partial charge in [0.15, 0.2) is 11.2 Å². The number of nitrogens with two attached hydrogens (primary N) is 1. The van der Waals surface area contributed by atoms with E-state index in [-0.39, 0.29) is 29.9 Å². The molecular weight excluding hydrogens is 466 g/mol. The first-order chi connectivity index (χ1) is 17.4. The Morgan fingerprint density at radius 2 is 1.75 bits per heavy atom. The molecular formula is C25H25N5O6. The van der Waals surface area contributed by atoms with Crippen molar-refractivity contribution in [3.8, 4) is 0 Å². The van der Waals surface area contributed by atoms with Crippen molar-refractivity contribution in [3.63, 3.8) is 0 Å². The molecule has 2 aromatic carbocycles. The number of fused-ring (bicyclic) bond motifs is 1. The standard InChI is InChI=1S/C25H25N5O6/c1-35-11-10-28-16-27-23-21(28)24(33)30(25(34)29(23)13-17-6-3-2-4-7-17)14-20(31)36-15-18-8-5-9-19(12-18)22(26)32/h2-9,12,16H,10-11,13-15H2,1H3,(H2,26,32). The Hall–Kier alpha value is -4.51. The molecule has 0 aliphatic rings. The summed E-state index contributed by atoms with van der Waals surface area (Å²) in [6, 6.07) is 15.6. The summed E-state index contributed by atoms with van der Waals surface area (Å²) < 4.78 is 14.2. The predicted octanol–water partition coefficient (Wildman–Crippen LogP) is 0.897. The van der Waals surface area contributed by atoms with E-state index < -0.39 is 29.7 Å². The van der Waals surface area contributed by atoms with Crippen LogP contribution in [0.15, 0.2) is 70.5 Å². The molecule has 2 heterocycles. The third kappa shape index (κ3) is 5.26. The van der Waals surface area contributed by atoms with Crippen molar-refractivity contribution in [2.45, 2.75) is 26.2 Å². The Morgan fingerprint density at radius 3 is 2.47 bits per heavy atom. The minimum atomic E-state index is -0.785. The number of carbonyl (C=O) groups excluding carboxylic acids is 2. The van der Waals surface area contributed by atoms with E-state index in [1.165, 1.54) is 24.1 Å². The first kappa shape index (κ1) is 24.6. The second-order valence-corrected chi connectivity index (χ2v) is 8.07. The maximum absolute atomic E-state index is 13.4. The SMILES string of the molecule is COCCn1cnc2c1c(=O)n(CC(=O)OCc1cccc(C(N)=O)c1)c(=O)n2Cc1ccccc1. The minimum absolute atomic E-state index is 0.152. The first-order valence-corrected chi connectivity index (χ1v) is 11.1. The molecule has 1 amide bonds. The monoisotopic (exact) mass is 491 g/mol. The number of carbonyl (C=O) groups is 2. The number of amides is 1. The lowest BCUT2D eigenvalue weighted by atomic mass is 10.1. The number of esters is 1. The van der Waals surface area contributed by atoms with Crippen molar-refractivity contribution < 1.29 is 19.1 Å². The van der Waals surface area contributed by atoms with Crippen LogP contribution in [0, 0.1) is 0 Å². The van der Waals surface area contributed by atoms with Crippen LogP contribution < -0.4 is 17.0 Å². The number of hydrogen-bond acceptors (Lipinski definition) is 7. The van der Waals surface area contributed by atoms with E-state index in [0.29, 0.717) is 18.7 Å². The molecule has 0 unspecified atom stereocenters. The first-order valence-electron chi connectivity index (χ1n) is 11.1. The molecule has 11 heteroatoms. The number of primary amides is 1. The molecule has 11 nitrogen and oxygen atoms in total. The summed E-state index contributed by atoms with van der Waals surface area (Å²) in [5.41, 5.74) is 6.01. The fourth-order valence-corrected chi connectivity index (χ4v) is 3.80. The van der Waals surface area contributed by atoms with Gasteiger partial charge in [-0.3, -0.25) is 19.0 Å². The Balaban J connectivity index is 1.67. The molecule has 0 spiro atoms. The van der Waals surface area contributed by atoms with Crippen LogP contribution in [0.5, 0.6) is 0 Å². The van der Waals surface area contributed by atoms with Gasteiger partial charge in [-0.2, -0.15) is 0 Å². The number of hydrogen-bond donors (Lipinski definition) is 1. The number of nitrogens with zero attached hydrogens (tertiary/aromatic N) is 4. The molecule has 2 aromatic heterocycles. The van der Waals surface area contributed by atoms with Crippen LogP contribution in [0.2, 0.25) is 0 Å². The van der Waals surface area contributed by atoms with Gasteiger partial charge in [0, 0.05) is 19.2 Å². The van der Waals surface area contributed by atoms with Crippen molar-refractivity contribution in [2.24, 2.45) is 5.73 Å². The maximum atomic E-state index is 13.4. The van der Waals surface area contributed by atoms with Gasteiger partial charge in [0.25, 0.3) is 5.56 Å². The van der Waals surface area contributed by atoms with Crippen LogP contribution in [0.4, 0.5) is 0 Å². The fourth-order valence-electron chi connectivity index (χ4n) is 3.80. The molecule has 186 valence electrons. The smallest absolute Gasteiger partial charge is 0.333 e. The van der Waals surface area contributed by atoms with Crippen LogP contribution in [0.25, 0.3) is 11.2 Å². The van der Waals surface area contributed by atoms with E-state index >= 15 is 0 Å². The van der Waals surface area contributed by atoms with Crippen LogP contribution in [0.1, 0.15) is 21.5 Å². The van der Waals surface area contributed by atoms with Gasteiger partial charge in [-0.25, -0.2) is 14.3 Å². The van der Waals surface area contributed by atoms with Crippen molar-refractivity contribution in [2.75, 3.05) is 13.7 Å². The highest BCUT2D eigenvalue weighted by atomic mass is 16.5. The summed E-state index contributed by atoms with van der Waals surface area (Å²) in [4.78, 5) is 55.0. The summed E-state index contributed by atoms with van der Waals surface area (Å²) in [7, 11) is 1.54. The van der Waals surface area contributed by atoms with E-state index in [2.05, 4.69) is 4.98 Å². The Labute approximate surface area is 205 Å². The molecule has 0 saturated heterocycles. The highest BCUT2D eigenvalue weighted by molar-refractivity contribution is 5.92. The number of ether oxygens (including phenoxy) is 2. The number of methoxy groups -OCH3 is 1. The predicted molar refractivity (Wildman–Crippen MR) is 130 cm³/mol. The van der Waals surface area contributed by atoms with E-state index in [0.717, 1.165) is 10.1 Å². The zero-order valence-corrected chi connectivity index (χ0v) is 19.6. The number of rotatable bonds is 10. The molecule has 0 atom stereocenters. The van der Waals surface area contributed by atoms with Crippen LogP contribution in [0.3, 0.4) is 0 Å². The Bertz CT molecular complexity index is 1520. The summed E-state index contributed by atoms with van der Waals surface area (Å²) in [6.45, 7) is 0.0859. The molecule has 4 rings (SSSR count). The normalized spacial score (nSPS) is 11.0. The van der Waals surface area contributed by atoms with E-state index in [9.17, 15) is 19.2 Å². The van der Waals surface area contributed by atoms with Gasteiger partial charge in [-0.15, -0.1) is 0 Å². The molecule has 0 saturated carbocycles. The summed E-state index contributed by atoms with van der Waals surface area (Å²) in [6.07, 6.45) is 1.47. The second-order valence-electron chi connectivity index (χ2n) is 8.07. The number of imidazole rings is 1. The summed E-state index contributed by atoms with van der Waals surface area (Å²) in [5.74, 6) is -1.39. The maximum Gasteiger partial charge on any atom is 0.333 e. The average Bonchev–Trinajstić information content (AvgIpc) is 3.31. The van der Waals surface area contributed by atoms with Gasteiger partial charge in [0.2, 0.25) is 5.91 Å². The topological polar surface area (TPSA) is 140 Å². The highest BCUT2D eigenvalue weighted by Gasteiger charge is 2.20. The second kappa shape index (κ2) is 10.8. The lowest BCUT2D eigenvalue weighted by Crippen LogP contribution is -2.42. The van der Waals surface area contributed by atoms with Gasteiger partial charge >= 0.3 is 11.7 Å². The number of benzene rings is 2. The molecule has 2 N–H and O–H groups in total. The van der Waals surface area contributed by atoms with Gasteiger partial charge in [-0.05, 0) is 23.3 Å². The van der Waals surface area contributed by atoms with Crippen LogP contribution >= 0.6 is 0 Å². The Morgan fingerprint density at radius 1 is 1.00 bits per heavy atom. The van der Waals surface area contributed by atoms with Crippen molar-refractivity contribution in [1.29, 1.82) is 0 Å². The van der Waals surface area contributed by atoms with Gasteiger partial charge in [0.05, 0.1) is 19.5 Å². The van der Waals surface area contributed by atoms with Crippen molar-refractivity contribution in [1.82, 2.24) is 18.7 Å². The average molecular weight is 492 g/mol. The van der Waals surface area contributed by atoms with Crippen LogP contribution in [-0.2, 0) is 40.5 Å². The minimum Gasteiger partial charge on any atom is -0.459 e. The zero-order valence-electron chi connectivity index (χ0n) is 19.6. The lowest BCUT2D eigenvalue weighted by molar-refractivity contribution is -0.145. The third-order valence-corrected chi connectivity index (χ3v) is 5.60. The molecule has 0 aliphatic heterocycles. The molecule has 0 radical (unpaired) electrons. The quantitative estimate of drug-likeness (QED) is 0.325. The highest BCUT2D eigenvalue weighted by Crippen LogP contribution is 2.10. The lowest BCUT2D eigenvalue weighted by Gasteiger charge is -2.13. The van der Waals surface area contributed by atoms with E-state index in [4.69, 9.17) is 15.2 Å². The zero-order chi connectivity index (χ0) is 25.7.